The Labute approximate surface area is 173 Å². The van der Waals surface area contributed by atoms with Gasteiger partial charge in [-0.15, -0.1) is 0 Å². The van der Waals surface area contributed by atoms with Gasteiger partial charge in [0.1, 0.15) is 6.61 Å². The Morgan fingerprint density at radius 3 is 2.11 bits per heavy atom. The molecule has 1 atom stereocenters. The monoisotopic (exact) mass is 391 g/mol. The molecule has 3 fully saturated rings. The highest BCUT2D eigenvalue weighted by atomic mass is 16.3. The van der Waals surface area contributed by atoms with Gasteiger partial charge < -0.3 is 10.0 Å². The standard InChI is InChI=1S/C25H45NO2/c1-20-7-10-24(11-8-20)26-15-13-22(14-16-26)18-23(9-12-25(28)19-27)17-21-5-3-2-4-6-21/h20-24,27H,2-19H2,1H3. The summed E-state index contributed by atoms with van der Waals surface area (Å²) >= 11 is 0. The molecule has 162 valence electrons. The molecule has 0 spiro atoms. The molecule has 3 nitrogen and oxygen atoms in total. The van der Waals surface area contributed by atoms with Gasteiger partial charge in [-0.1, -0.05) is 39.0 Å². The minimum Gasteiger partial charge on any atom is -0.389 e. The summed E-state index contributed by atoms with van der Waals surface area (Å²) in [4.78, 5) is 14.5. The summed E-state index contributed by atoms with van der Waals surface area (Å²) in [5.74, 6) is 3.43. The Morgan fingerprint density at radius 2 is 1.50 bits per heavy atom. The zero-order valence-electron chi connectivity index (χ0n) is 18.4. The molecule has 1 heterocycles. The number of likely N-dealkylation sites (tertiary alicyclic amines) is 1. The van der Waals surface area contributed by atoms with Crippen molar-refractivity contribution in [3.8, 4) is 0 Å². The van der Waals surface area contributed by atoms with Crippen LogP contribution in [-0.4, -0.2) is 41.5 Å². The lowest BCUT2D eigenvalue weighted by molar-refractivity contribution is -0.122. The average molecular weight is 392 g/mol. The summed E-state index contributed by atoms with van der Waals surface area (Å²) in [7, 11) is 0. The van der Waals surface area contributed by atoms with Crippen molar-refractivity contribution in [1.29, 1.82) is 0 Å². The molecule has 2 saturated carbocycles. The number of Topliss-reactive ketones (excluding diaryl/α,β-unsaturated/α-hetero) is 1. The highest BCUT2D eigenvalue weighted by Gasteiger charge is 2.29. The fraction of sp³-hybridized carbons (Fsp3) is 0.960. The van der Waals surface area contributed by atoms with Crippen LogP contribution in [-0.2, 0) is 4.79 Å². The molecule has 0 aromatic rings. The van der Waals surface area contributed by atoms with E-state index in [0.717, 1.165) is 30.2 Å². The number of rotatable bonds is 9. The first-order valence-corrected chi connectivity index (χ1v) is 12.5. The van der Waals surface area contributed by atoms with E-state index >= 15 is 0 Å². The molecule has 0 amide bonds. The summed E-state index contributed by atoms with van der Waals surface area (Å²) in [5.41, 5.74) is 0. The molecule has 28 heavy (non-hydrogen) atoms. The number of aliphatic hydroxyl groups is 1. The number of nitrogens with zero attached hydrogens (tertiary/aromatic N) is 1. The van der Waals surface area contributed by atoms with Crippen molar-refractivity contribution in [1.82, 2.24) is 4.90 Å². The lowest BCUT2D eigenvalue weighted by Crippen LogP contribution is -2.43. The Hall–Kier alpha value is -0.410. The van der Waals surface area contributed by atoms with Crippen molar-refractivity contribution < 1.29 is 9.90 Å². The smallest absolute Gasteiger partial charge is 0.158 e. The Morgan fingerprint density at radius 1 is 0.893 bits per heavy atom. The van der Waals surface area contributed by atoms with Gasteiger partial charge in [0.05, 0.1) is 0 Å². The quantitative estimate of drug-likeness (QED) is 0.556. The maximum absolute atomic E-state index is 11.7. The zero-order valence-corrected chi connectivity index (χ0v) is 18.4. The van der Waals surface area contributed by atoms with Crippen LogP contribution in [0.2, 0.25) is 0 Å². The maximum atomic E-state index is 11.7. The second-order valence-electron chi connectivity index (χ2n) is 10.5. The van der Waals surface area contributed by atoms with E-state index < -0.39 is 0 Å². The predicted octanol–water partition coefficient (Wildman–Crippen LogP) is 5.60. The van der Waals surface area contributed by atoms with Crippen LogP contribution in [0.1, 0.15) is 103 Å². The first-order chi connectivity index (χ1) is 13.6. The second-order valence-corrected chi connectivity index (χ2v) is 10.5. The number of carbonyl (C=O) groups excluding carboxylic acids is 1. The fourth-order valence-electron chi connectivity index (χ4n) is 6.30. The van der Waals surface area contributed by atoms with Gasteiger partial charge in [-0.3, -0.25) is 4.79 Å². The van der Waals surface area contributed by atoms with Gasteiger partial charge in [-0.2, -0.15) is 0 Å². The third kappa shape index (κ3) is 7.13. The number of carbonyl (C=O) groups is 1. The summed E-state index contributed by atoms with van der Waals surface area (Å²) < 4.78 is 0. The Balaban J connectivity index is 1.44. The molecule has 3 heteroatoms. The molecule has 2 aliphatic carbocycles. The van der Waals surface area contributed by atoms with Crippen LogP contribution >= 0.6 is 0 Å². The van der Waals surface area contributed by atoms with Crippen LogP contribution in [0, 0.1) is 23.7 Å². The molecule has 1 N–H and O–H groups in total. The van der Waals surface area contributed by atoms with Gasteiger partial charge in [0, 0.05) is 12.5 Å². The van der Waals surface area contributed by atoms with Crippen LogP contribution < -0.4 is 0 Å². The van der Waals surface area contributed by atoms with Gasteiger partial charge >= 0.3 is 0 Å². The molecule has 1 saturated heterocycles. The first-order valence-electron chi connectivity index (χ1n) is 12.5. The van der Waals surface area contributed by atoms with Gasteiger partial charge in [-0.25, -0.2) is 0 Å². The largest absolute Gasteiger partial charge is 0.389 e. The molecule has 0 aromatic heterocycles. The SMILES string of the molecule is CC1CCC(N2CCC(CC(CCC(=O)CO)CC3CCCCC3)CC2)CC1. The molecule has 3 aliphatic rings. The van der Waals surface area contributed by atoms with E-state index in [2.05, 4.69) is 11.8 Å². The van der Waals surface area contributed by atoms with Crippen LogP contribution in [0.4, 0.5) is 0 Å². The van der Waals surface area contributed by atoms with Crippen LogP contribution in [0.25, 0.3) is 0 Å². The van der Waals surface area contributed by atoms with Crippen molar-refractivity contribution in [2.24, 2.45) is 23.7 Å². The van der Waals surface area contributed by atoms with Crippen molar-refractivity contribution in [3.05, 3.63) is 0 Å². The average Bonchev–Trinajstić information content (AvgIpc) is 2.73. The van der Waals surface area contributed by atoms with E-state index in [0.29, 0.717) is 12.3 Å². The van der Waals surface area contributed by atoms with Gasteiger partial charge in [0.2, 0.25) is 0 Å². The van der Waals surface area contributed by atoms with E-state index in [4.69, 9.17) is 5.11 Å². The zero-order chi connectivity index (χ0) is 19.8. The molecule has 1 aliphatic heterocycles. The minimum absolute atomic E-state index is 0.0370. The number of aliphatic hydroxyl groups excluding tert-OH is 1. The topological polar surface area (TPSA) is 40.5 Å². The minimum atomic E-state index is -0.269. The lowest BCUT2D eigenvalue weighted by atomic mass is 9.76. The fourth-order valence-corrected chi connectivity index (χ4v) is 6.30. The predicted molar refractivity (Wildman–Crippen MR) is 116 cm³/mol. The van der Waals surface area contributed by atoms with Gasteiger partial charge in [-0.05, 0) is 94.5 Å². The van der Waals surface area contributed by atoms with E-state index in [1.165, 1.54) is 96.6 Å². The number of ketones is 1. The Bertz CT molecular complexity index is 443. The van der Waals surface area contributed by atoms with Gasteiger partial charge in [0.15, 0.2) is 5.78 Å². The van der Waals surface area contributed by atoms with Crippen LogP contribution in [0.3, 0.4) is 0 Å². The molecule has 0 aromatic carbocycles. The third-order valence-electron chi connectivity index (χ3n) is 8.22. The summed E-state index contributed by atoms with van der Waals surface area (Å²) in [6.45, 7) is 4.75. The number of hydrogen-bond acceptors (Lipinski definition) is 3. The van der Waals surface area contributed by atoms with Crippen LogP contribution in [0.5, 0.6) is 0 Å². The highest BCUT2D eigenvalue weighted by molar-refractivity contribution is 5.79. The first kappa shape index (κ1) is 22.3. The molecule has 0 radical (unpaired) electrons. The highest BCUT2D eigenvalue weighted by Crippen LogP contribution is 2.36. The van der Waals surface area contributed by atoms with E-state index in [-0.39, 0.29) is 12.4 Å². The summed E-state index contributed by atoms with van der Waals surface area (Å²) in [5, 5.41) is 9.10. The van der Waals surface area contributed by atoms with Crippen molar-refractivity contribution in [2.45, 2.75) is 109 Å². The normalized spacial score (nSPS) is 29.6. The van der Waals surface area contributed by atoms with E-state index in [1.54, 1.807) is 0 Å². The summed E-state index contributed by atoms with van der Waals surface area (Å²) in [6.07, 6.45) is 19.7. The maximum Gasteiger partial charge on any atom is 0.158 e. The van der Waals surface area contributed by atoms with Crippen molar-refractivity contribution in [2.75, 3.05) is 19.7 Å². The molecule has 1 unspecified atom stereocenters. The van der Waals surface area contributed by atoms with Crippen molar-refractivity contribution in [3.63, 3.8) is 0 Å². The summed E-state index contributed by atoms with van der Waals surface area (Å²) in [6, 6.07) is 0.859. The van der Waals surface area contributed by atoms with Crippen molar-refractivity contribution >= 4 is 5.78 Å². The molecule has 0 bridgehead atoms. The lowest BCUT2D eigenvalue weighted by Gasteiger charge is -2.41. The van der Waals surface area contributed by atoms with E-state index in [9.17, 15) is 4.79 Å². The second kappa shape index (κ2) is 11.7. The molecular weight excluding hydrogens is 346 g/mol. The number of hydrogen-bond donors (Lipinski definition) is 1. The van der Waals surface area contributed by atoms with E-state index in [1.807, 2.05) is 0 Å². The van der Waals surface area contributed by atoms with Gasteiger partial charge in [0.25, 0.3) is 0 Å². The molecular formula is C25H45NO2. The Kier molecular flexibility index (Phi) is 9.30. The molecule has 3 rings (SSSR count). The number of piperidine rings is 1. The third-order valence-corrected chi connectivity index (χ3v) is 8.22. The van der Waals surface area contributed by atoms with Crippen LogP contribution in [0.15, 0.2) is 0 Å².